The van der Waals surface area contributed by atoms with E-state index in [-0.39, 0.29) is 11.9 Å². The van der Waals surface area contributed by atoms with Gasteiger partial charge in [0.1, 0.15) is 6.61 Å². The van der Waals surface area contributed by atoms with Gasteiger partial charge in [0, 0.05) is 41.7 Å². The Bertz CT molecular complexity index is 1310. The number of aromatic nitrogens is 3. The second kappa shape index (κ2) is 13.2. The monoisotopic (exact) mass is 547 g/mol. The molecule has 0 saturated carbocycles. The van der Waals surface area contributed by atoms with Crippen molar-refractivity contribution in [2.75, 3.05) is 25.0 Å². The van der Waals surface area contributed by atoms with Gasteiger partial charge in [-0.15, -0.1) is 0 Å². The number of nitrogens with zero attached hydrogens (tertiary/aromatic N) is 3. The number of amides is 1. The standard InChI is InChI=1S/C31H38ClN5O2/c1-2-29(38)37-17-15-22(16-18-37)28-14-8-6-4-3-5-7-11-23(21-39-28)35-31-34-20-26(32)30(36-31)25-19-33-27-13-10-9-12-24(25)27/h2,9-10,12-14,19-20,22-23,33H,1,3-8,11,15-18,21H2,(H,34,35,36)/b28-14+/t23-/m1/s1. The Kier molecular flexibility index (Phi) is 9.19. The van der Waals surface area contributed by atoms with Crippen molar-refractivity contribution >= 4 is 34.4 Å². The third-order valence-corrected chi connectivity index (χ3v) is 8.14. The highest BCUT2D eigenvalue weighted by Gasteiger charge is 2.26. The second-order valence-electron chi connectivity index (χ2n) is 10.5. The van der Waals surface area contributed by atoms with Gasteiger partial charge in [-0.3, -0.25) is 4.79 Å². The Morgan fingerprint density at radius 2 is 1.92 bits per heavy atom. The van der Waals surface area contributed by atoms with Crippen LogP contribution in [0.4, 0.5) is 5.95 Å². The maximum Gasteiger partial charge on any atom is 0.245 e. The molecule has 8 heteroatoms. The van der Waals surface area contributed by atoms with E-state index in [0.717, 1.165) is 67.4 Å². The fourth-order valence-corrected chi connectivity index (χ4v) is 5.83. The summed E-state index contributed by atoms with van der Waals surface area (Å²) in [5.41, 5.74) is 2.72. The van der Waals surface area contributed by atoms with Crippen LogP contribution in [0.15, 0.2) is 61.1 Å². The Hall–Kier alpha value is -3.32. The molecule has 0 unspecified atom stereocenters. The van der Waals surface area contributed by atoms with Crippen LogP contribution < -0.4 is 5.32 Å². The number of carbonyl (C=O) groups excluding carboxylic acids is 1. The van der Waals surface area contributed by atoms with Gasteiger partial charge in [0.25, 0.3) is 0 Å². The molecule has 1 fully saturated rings. The summed E-state index contributed by atoms with van der Waals surface area (Å²) in [5, 5.41) is 5.15. The van der Waals surface area contributed by atoms with Gasteiger partial charge in [0.15, 0.2) is 0 Å². The number of ether oxygens (including phenoxy) is 1. The van der Waals surface area contributed by atoms with Crippen LogP contribution in [0.5, 0.6) is 0 Å². The lowest BCUT2D eigenvalue weighted by molar-refractivity contribution is -0.127. The number of hydrogen-bond acceptors (Lipinski definition) is 5. The molecule has 2 aliphatic rings. The topological polar surface area (TPSA) is 83.1 Å². The van der Waals surface area contributed by atoms with Crippen LogP contribution in [0.1, 0.15) is 57.8 Å². The molecule has 2 aromatic heterocycles. The number of aromatic amines is 1. The van der Waals surface area contributed by atoms with Crippen LogP contribution in [0.2, 0.25) is 5.02 Å². The summed E-state index contributed by atoms with van der Waals surface area (Å²) in [6, 6.07) is 8.21. The maximum atomic E-state index is 12.0. The fraction of sp³-hybridized carbons (Fsp3) is 0.452. The van der Waals surface area contributed by atoms with E-state index in [1.165, 1.54) is 31.8 Å². The lowest BCUT2D eigenvalue weighted by Gasteiger charge is -2.33. The van der Waals surface area contributed by atoms with E-state index in [2.05, 4.69) is 34.0 Å². The molecule has 1 aromatic carbocycles. The number of nitrogens with one attached hydrogen (secondary N) is 2. The molecule has 2 aliphatic heterocycles. The Labute approximate surface area is 235 Å². The molecule has 7 nitrogen and oxygen atoms in total. The number of H-pyrrole nitrogens is 1. The molecule has 0 spiro atoms. The number of allylic oxidation sites excluding steroid dienone is 2. The van der Waals surface area contributed by atoms with E-state index < -0.39 is 0 Å². The van der Waals surface area contributed by atoms with Gasteiger partial charge < -0.3 is 19.9 Å². The van der Waals surface area contributed by atoms with Gasteiger partial charge in [-0.05, 0) is 50.3 Å². The quantitative estimate of drug-likeness (QED) is 0.332. The molecule has 5 rings (SSSR count). The number of carbonyl (C=O) groups is 1. The summed E-state index contributed by atoms with van der Waals surface area (Å²) in [7, 11) is 0. The van der Waals surface area contributed by atoms with Crippen molar-refractivity contribution in [3.05, 3.63) is 66.2 Å². The van der Waals surface area contributed by atoms with Crippen LogP contribution >= 0.6 is 11.6 Å². The normalized spacial score (nSPS) is 21.2. The molecule has 3 aromatic rings. The van der Waals surface area contributed by atoms with Crippen molar-refractivity contribution in [1.82, 2.24) is 19.9 Å². The van der Waals surface area contributed by atoms with E-state index >= 15 is 0 Å². The van der Waals surface area contributed by atoms with Crippen LogP contribution in [0.25, 0.3) is 22.2 Å². The molecule has 0 bridgehead atoms. The van der Waals surface area contributed by atoms with Crippen molar-refractivity contribution in [2.45, 2.75) is 63.8 Å². The molecule has 2 N–H and O–H groups in total. The molecule has 1 amide bonds. The Balaban J connectivity index is 1.30. The maximum absolute atomic E-state index is 12.0. The number of fused-ring (bicyclic) bond motifs is 1. The highest BCUT2D eigenvalue weighted by molar-refractivity contribution is 6.33. The van der Waals surface area contributed by atoms with Gasteiger partial charge in [0.05, 0.1) is 28.7 Å². The van der Waals surface area contributed by atoms with Crippen LogP contribution in [0.3, 0.4) is 0 Å². The van der Waals surface area contributed by atoms with Crippen molar-refractivity contribution < 1.29 is 9.53 Å². The first-order valence-electron chi connectivity index (χ1n) is 14.2. The highest BCUT2D eigenvalue weighted by Crippen LogP contribution is 2.33. The minimum atomic E-state index is 0.0151. The third-order valence-electron chi connectivity index (χ3n) is 7.86. The summed E-state index contributed by atoms with van der Waals surface area (Å²) in [6.07, 6.45) is 17.2. The SMILES string of the molecule is C=CC(=O)N1CCC(/C2=C\CCCCCCC[C@@H](Nc3ncc(Cl)c(-c4c[nH]c5ccccc45)n3)CO2)CC1. The fourth-order valence-electron chi connectivity index (χ4n) is 5.64. The average molecular weight is 548 g/mol. The van der Waals surface area contributed by atoms with E-state index in [4.69, 9.17) is 21.3 Å². The van der Waals surface area contributed by atoms with Crippen molar-refractivity contribution in [3.8, 4) is 11.3 Å². The number of likely N-dealkylation sites (tertiary alicyclic amines) is 1. The molecule has 4 heterocycles. The first kappa shape index (κ1) is 27.3. The Morgan fingerprint density at radius 1 is 1.13 bits per heavy atom. The molecule has 0 radical (unpaired) electrons. The molecular formula is C31H38ClN5O2. The van der Waals surface area contributed by atoms with Gasteiger partial charge >= 0.3 is 0 Å². The van der Waals surface area contributed by atoms with Crippen LogP contribution in [-0.4, -0.2) is 51.5 Å². The number of piperidine rings is 1. The van der Waals surface area contributed by atoms with E-state index in [1.807, 2.05) is 29.3 Å². The zero-order valence-electron chi connectivity index (χ0n) is 22.5. The van der Waals surface area contributed by atoms with E-state index in [0.29, 0.717) is 29.2 Å². The largest absolute Gasteiger partial charge is 0.496 e. The molecule has 1 saturated heterocycles. The zero-order chi connectivity index (χ0) is 27.0. The van der Waals surface area contributed by atoms with E-state index in [9.17, 15) is 4.79 Å². The van der Waals surface area contributed by atoms with Crippen molar-refractivity contribution in [1.29, 1.82) is 0 Å². The summed E-state index contributed by atoms with van der Waals surface area (Å²) in [5.74, 6) is 1.98. The van der Waals surface area contributed by atoms with Crippen LogP contribution in [-0.2, 0) is 9.53 Å². The predicted molar refractivity (Wildman–Crippen MR) is 158 cm³/mol. The number of hydrogen-bond donors (Lipinski definition) is 2. The van der Waals surface area contributed by atoms with Crippen molar-refractivity contribution in [2.24, 2.45) is 5.92 Å². The van der Waals surface area contributed by atoms with Crippen molar-refractivity contribution in [3.63, 3.8) is 0 Å². The van der Waals surface area contributed by atoms with Gasteiger partial charge in [-0.2, -0.15) is 0 Å². The number of para-hydroxylation sites is 1. The minimum Gasteiger partial charge on any atom is -0.496 e. The first-order chi connectivity index (χ1) is 19.1. The smallest absolute Gasteiger partial charge is 0.245 e. The number of halogens is 1. The summed E-state index contributed by atoms with van der Waals surface area (Å²) < 4.78 is 6.53. The second-order valence-corrected chi connectivity index (χ2v) is 11.0. The number of benzene rings is 1. The minimum absolute atomic E-state index is 0.0151. The Morgan fingerprint density at radius 3 is 2.77 bits per heavy atom. The summed E-state index contributed by atoms with van der Waals surface area (Å²) in [6.45, 7) is 5.66. The summed E-state index contributed by atoms with van der Waals surface area (Å²) >= 11 is 6.57. The highest BCUT2D eigenvalue weighted by atomic mass is 35.5. The predicted octanol–water partition coefficient (Wildman–Crippen LogP) is 7.13. The van der Waals surface area contributed by atoms with Crippen LogP contribution in [0, 0.1) is 5.92 Å². The van der Waals surface area contributed by atoms with E-state index in [1.54, 1.807) is 6.20 Å². The van der Waals surface area contributed by atoms with Gasteiger partial charge in [-0.1, -0.05) is 62.1 Å². The molecule has 1 atom stereocenters. The van der Waals surface area contributed by atoms with Gasteiger partial charge in [0.2, 0.25) is 11.9 Å². The lowest BCUT2D eigenvalue weighted by atomic mass is 9.93. The molecular weight excluding hydrogens is 510 g/mol. The summed E-state index contributed by atoms with van der Waals surface area (Å²) in [4.78, 5) is 26.6. The molecule has 206 valence electrons. The molecule has 0 aliphatic carbocycles. The number of rotatable bonds is 5. The zero-order valence-corrected chi connectivity index (χ0v) is 23.3. The average Bonchev–Trinajstić information content (AvgIpc) is 3.39. The first-order valence-corrected chi connectivity index (χ1v) is 14.6. The van der Waals surface area contributed by atoms with Gasteiger partial charge in [-0.25, -0.2) is 9.97 Å². The lowest BCUT2D eigenvalue weighted by Crippen LogP contribution is -2.38. The third kappa shape index (κ3) is 6.82. The number of anilines is 1. The molecule has 39 heavy (non-hydrogen) atoms.